The van der Waals surface area contributed by atoms with Crippen LogP contribution in [0.5, 0.6) is 5.75 Å². The molecule has 1 atom stereocenters. The number of para-hydroxylation sites is 1. The fourth-order valence-corrected chi connectivity index (χ4v) is 2.16. The van der Waals surface area contributed by atoms with Crippen molar-refractivity contribution in [3.05, 3.63) is 41.5 Å². The molecule has 2 nitrogen and oxygen atoms in total. The topological polar surface area (TPSA) is 21.3 Å². The van der Waals surface area contributed by atoms with E-state index < -0.39 is 0 Å². The Kier molecular flexibility index (Phi) is 4.21. The van der Waals surface area contributed by atoms with E-state index in [-0.39, 0.29) is 0 Å². The zero-order chi connectivity index (χ0) is 12.1. The zero-order valence-electron chi connectivity index (χ0n) is 10.7. The van der Waals surface area contributed by atoms with Gasteiger partial charge in [-0.25, -0.2) is 0 Å². The van der Waals surface area contributed by atoms with Crippen LogP contribution in [0.25, 0.3) is 0 Å². The number of nitrogens with one attached hydrogen (secondary N) is 1. The molecule has 2 rings (SSSR count). The van der Waals surface area contributed by atoms with Crippen molar-refractivity contribution in [2.75, 3.05) is 19.7 Å². The molecular formula is C15H21NO. The first-order chi connectivity index (χ1) is 8.27. The third-order valence-electron chi connectivity index (χ3n) is 3.13. The van der Waals surface area contributed by atoms with E-state index in [0.29, 0.717) is 5.92 Å². The summed E-state index contributed by atoms with van der Waals surface area (Å²) in [6, 6.07) is 8.38. The molecule has 0 saturated heterocycles. The van der Waals surface area contributed by atoms with Gasteiger partial charge in [-0.05, 0) is 31.9 Å². The van der Waals surface area contributed by atoms with E-state index in [1.54, 1.807) is 0 Å². The molecule has 1 N–H and O–H groups in total. The van der Waals surface area contributed by atoms with Crippen molar-refractivity contribution >= 4 is 0 Å². The van der Waals surface area contributed by atoms with Crippen LogP contribution in [-0.2, 0) is 0 Å². The van der Waals surface area contributed by atoms with Crippen LogP contribution in [0.1, 0.15) is 31.7 Å². The largest absolute Gasteiger partial charge is 0.493 e. The maximum Gasteiger partial charge on any atom is 0.122 e. The summed E-state index contributed by atoms with van der Waals surface area (Å²) in [4.78, 5) is 0. The second-order valence-corrected chi connectivity index (χ2v) is 4.81. The minimum absolute atomic E-state index is 0.588. The van der Waals surface area contributed by atoms with E-state index in [1.807, 2.05) is 6.07 Å². The van der Waals surface area contributed by atoms with Crippen LogP contribution >= 0.6 is 0 Å². The monoisotopic (exact) mass is 231 g/mol. The quantitative estimate of drug-likeness (QED) is 0.635. The van der Waals surface area contributed by atoms with Crippen LogP contribution in [0.15, 0.2) is 35.9 Å². The number of fused-ring (bicyclic) bond motifs is 1. The van der Waals surface area contributed by atoms with Gasteiger partial charge in [0.25, 0.3) is 0 Å². The van der Waals surface area contributed by atoms with E-state index in [4.69, 9.17) is 4.74 Å². The predicted molar refractivity (Wildman–Crippen MR) is 71.6 cm³/mol. The Balaban J connectivity index is 1.92. The number of ether oxygens (including phenoxy) is 1. The Hall–Kier alpha value is -1.28. The number of allylic oxidation sites excluding steroid dienone is 1. The molecular weight excluding hydrogens is 210 g/mol. The van der Waals surface area contributed by atoms with Crippen LogP contribution in [-0.4, -0.2) is 19.7 Å². The highest BCUT2D eigenvalue weighted by Gasteiger charge is 2.19. The second kappa shape index (κ2) is 5.87. The fourth-order valence-electron chi connectivity index (χ4n) is 2.16. The highest BCUT2D eigenvalue weighted by atomic mass is 16.5. The van der Waals surface area contributed by atoms with Gasteiger partial charge in [0.1, 0.15) is 5.75 Å². The minimum Gasteiger partial charge on any atom is -0.493 e. The molecule has 1 aromatic carbocycles. The zero-order valence-corrected chi connectivity index (χ0v) is 10.7. The van der Waals surface area contributed by atoms with Crippen LogP contribution in [0.2, 0.25) is 0 Å². The van der Waals surface area contributed by atoms with Gasteiger partial charge in [-0.1, -0.05) is 29.8 Å². The smallest absolute Gasteiger partial charge is 0.122 e. The Morgan fingerprint density at radius 1 is 1.41 bits per heavy atom. The first-order valence-electron chi connectivity index (χ1n) is 6.33. The molecule has 0 bridgehead atoms. The average Bonchev–Trinajstić information content (AvgIpc) is 2.34. The molecule has 0 fully saturated rings. The molecule has 17 heavy (non-hydrogen) atoms. The Morgan fingerprint density at radius 2 is 2.24 bits per heavy atom. The predicted octanol–water partition coefficient (Wildman–Crippen LogP) is 3.11. The molecule has 0 radical (unpaired) electrons. The molecule has 1 aliphatic rings. The number of rotatable bonds is 4. The standard InChI is InChI=1S/C15H21NO/c1-12(2)7-9-16-11-13-8-10-17-15-6-4-3-5-14(13)15/h3-7,13,16H,8-11H2,1-2H3. The van der Waals surface area contributed by atoms with Gasteiger partial charge in [0.05, 0.1) is 6.61 Å². The van der Waals surface area contributed by atoms with Crippen molar-refractivity contribution in [1.82, 2.24) is 5.32 Å². The van der Waals surface area contributed by atoms with Crippen LogP contribution in [0, 0.1) is 0 Å². The fraction of sp³-hybridized carbons (Fsp3) is 0.467. The summed E-state index contributed by atoms with van der Waals surface area (Å²) < 4.78 is 5.66. The molecule has 0 spiro atoms. The van der Waals surface area contributed by atoms with Gasteiger partial charge in [-0.15, -0.1) is 0 Å². The van der Waals surface area contributed by atoms with Crippen LogP contribution < -0.4 is 10.1 Å². The lowest BCUT2D eigenvalue weighted by Gasteiger charge is -2.25. The summed E-state index contributed by atoms with van der Waals surface area (Å²) in [5, 5.41) is 3.50. The second-order valence-electron chi connectivity index (χ2n) is 4.81. The van der Waals surface area contributed by atoms with E-state index in [2.05, 4.69) is 43.4 Å². The molecule has 2 heteroatoms. The van der Waals surface area contributed by atoms with Crippen LogP contribution in [0.3, 0.4) is 0 Å². The van der Waals surface area contributed by atoms with Gasteiger partial charge in [-0.2, -0.15) is 0 Å². The van der Waals surface area contributed by atoms with E-state index in [0.717, 1.165) is 31.9 Å². The van der Waals surface area contributed by atoms with Gasteiger partial charge >= 0.3 is 0 Å². The molecule has 1 aromatic rings. The Morgan fingerprint density at radius 3 is 3.06 bits per heavy atom. The first-order valence-corrected chi connectivity index (χ1v) is 6.33. The summed E-state index contributed by atoms with van der Waals surface area (Å²) in [6.45, 7) is 7.09. The normalized spacial score (nSPS) is 18.1. The van der Waals surface area contributed by atoms with Crippen molar-refractivity contribution in [2.45, 2.75) is 26.2 Å². The van der Waals surface area contributed by atoms with E-state index >= 15 is 0 Å². The van der Waals surface area contributed by atoms with E-state index in [9.17, 15) is 0 Å². The van der Waals surface area contributed by atoms with Gasteiger partial charge < -0.3 is 10.1 Å². The highest BCUT2D eigenvalue weighted by Crippen LogP contribution is 2.32. The van der Waals surface area contributed by atoms with Gasteiger partial charge in [0.2, 0.25) is 0 Å². The number of benzene rings is 1. The van der Waals surface area contributed by atoms with Crippen molar-refractivity contribution in [1.29, 1.82) is 0 Å². The third-order valence-corrected chi connectivity index (χ3v) is 3.13. The van der Waals surface area contributed by atoms with Crippen LogP contribution in [0.4, 0.5) is 0 Å². The lowest BCUT2D eigenvalue weighted by Crippen LogP contribution is -2.26. The SMILES string of the molecule is CC(C)=CCNCC1CCOc2ccccc21. The van der Waals surface area contributed by atoms with Gasteiger partial charge in [0, 0.05) is 19.0 Å². The summed E-state index contributed by atoms with van der Waals surface area (Å²) in [7, 11) is 0. The third kappa shape index (κ3) is 3.34. The Labute approximate surface area is 104 Å². The molecule has 0 aromatic heterocycles. The van der Waals surface area contributed by atoms with Crippen molar-refractivity contribution in [3.8, 4) is 5.75 Å². The highest BCUT2D eigenvalue weighted by molar-refractivity contribution is 5.37. The summed E-state index contributed by atoms with van der Waals surface area (Å²) in [6.07, 6.45) is 3.34. The first kappa shape index (κ1) is 12.2. The van der Waals surface area contributed by atoms with E-state index in [1.165, 1.54) is 11.1 Å². The molecule has 92 valence electrons. The lowest BCUT2D eigenvalue weighted by atomic mass is 9.93. The number of hydrogen-bond donors (Lipinski definition) is 1. The van der Waals surface area contributed by atoms with Gasteiger partial charge in [-0.3, -0.25) is 0 Å². The number of hydrogen-bond acceptors (Lipinski definition) is 2. The molecule has 0 aliphatic carbocycles. The molecule has 0 saturated carbocycles. The lowest BCUT2D eigenvalue weighted by molar-refractivity contribution is 0.265. The van der Waals surface area contributed by atoms with Gasteiger partial charge in [0.15, 0.2) is 0 Å². The summed E-state index contributed by atoms with van der Waals surface area (Å²) in [5.74, 6) is 1.65. The summed E-state index contributed by atoms with van der Waals surface area (Å²) >= 11 is 0. The summed E-state index contributed by atoms with van der Waals surface area (Å²) in [5.41, 5.74) is 2.72. The molecule has 1 unspecified atom stereocenters. The maximum atomic E-state index is 5.66. The van der Waals surface area contributed by atoms with Crippen molar-refractivity contribution in [3.63, 3.8) is 0 Å². The average molecular weight is 231 g/mol. The maximum absolute atomic E-state index is 5.66. The molecule has 1 aliphatic heterocycles. The molecule has 1 heterocycles. The van der Waals surface area contributed by atoms with Crippen molar-refractivity contribution in [2.24, 2.45) is 0 Å². The minimum atomic E-state index is 0.588. The van der Waals surface area contributed by atoms with Crippen molar-refractivity contribution < 1.29 is 4.74 Å². The molecule has 0 amide bonds. The Bertz CT molecular complexity index is 394.